The Morgan fingerprint density at radius 2 is 2.00 bits per heavy atom. The van der Waals surface area contributed by atoms with Crippen molar-refractivity contribution in [2.75, 3.05) is 13.2 Å². The monoisotopic (exact) mass is 473 g/mol. The first-order valence-corrected chi connectivity index (χ1v) is 11.5. The van der Waals surface area contributed by atoms with Gasteiger partial charge in [0, 0.05) is 17.7 Å². The number of hydrogen-bond acceptors (Lipinski definition) is 9. The van der Waals surface area contributed by atoms with Crippen LogP contribution < -0.4 is 10.1 Å². The van der Waals surface area contributed by atoms with Crippen LogP contribution in [-0.4, -0.2) is 41.1 Å². The maximum Gasteiger partial charge on any atom is 0.318 e. The van der Waals surface area contributed by atoms with Gasteiger partial charge in [-0.25, -0.2) is 4.98 Å². The van der Waals surface area contributed by atoms with E-state index in [4.69, 9.17) is 9.47 Å². The third-order valence-electron chi connectivity index (χ3n) is 4.09. The number of hydrogen-bond donors (Lipinski definition) is 1. The molecule has 2 heterocycles. The minimum absolute atomic E-state index is 0.0478. The maximum atomic E-state index is 12.3. The van der Waals surface area contributed by atoms with E-state index in [1.807, 2.05) is 19.9 Å². The Morgan fingerprint density at radius 1 is 1.25 bits per heavy atom. The van der Waals surface area contributed by atoms with Gasteiger partial charge in [0.2, 0.25) is 0 Å². The number of aliphatic imine (C=N–C) groups is 1. The third kappa shape index (κ3) is 7.31. The van der Waals surface area contributed by atoms with Gasteiger partial charge in [-0.1, -0.05) is 32.0 Å². The molecule has 1 aliphatic heterocycles. The molecule has 1 aromatic carbocycles. The summed E-state index contributed by atoms with van der Waals surface area (Å²) in [6, 6.07) is 8.84. The van der Waals surface area contributed by atoms with Crippen molar-refractivity contribution in [1.29, 1.82) is 0 Å². The molecule has 0 aliphatic carbocycles. The molecule has 0 saturated carbocycles. The number of amidine groups is 1. The van der Waals surface area contributed by atoms with E-state index in [9.17, 15) is 14.4 Å². The second kappa shape index (κ2) is 10.6. The van der Waals surface area contributed by atoms with Crippen molar-refractivity contribution in [3.8, 4) is 5.75 Å². The molecule has 0 unspecified atom stereocenters. The molecular weight excluding hydrogens is 450 g/mol. The van der Waals surface area contributed by atoms with Crippen molar-refractivity contribution in [2.24, 2.45) is 10.4 Å². The van der Waals surface area contributed by atoms with Crippen LogP contribution in [0.3, 0.4) is 0 Å². The number of carbonyl (C=O) groups excluding carboxylic acids is 3. The Labute approximate surface area is 194 Å². The Balaban J connectivity index is 1.57. The van der Waals surface area contributed by atoms with Crippen LogP contribution in [-0.2, 0) is 25.5 Å². The molecule has 0 spiro atoms. The molecule has 1 aromatic heterocycles. The van der Waals surface area contributed by atoms with E-state index in [0.717, 1.165) is 0 Å². The smallest absolute Gasteiger partial charge is 0.318 e. The van der Waals surface area contributed by atoms with Crippen molar-refractivity contribution < 1.29 is 23.9 Å². The van der Waals surface area contributed by atoms with Crippen LogP contribution in [0.4, 0.5) is 0 Å². The van der Waals surface area contributed by atoms with E-state index < -0.39 is 5.97 Å². The first-order valence-electron chi connectivity index (χ1n) is 9.79. The highest BCUT2D eigenvalue weighted by Gasteiger charge is 2.26. The molecule has 8 nitrogen and oxygen atoms in total. The van der Waals surface area contributed by atoms with Gasteiger partial charge in [0.25, 0.3) is 5.91 Å². The zero-order chi connectivity index (χ0) is 23.1. The van der Waals surface area contributed by atoms with Crippen molar-refractivity contribution in [2.45, 2.75) is 27.2 Å². The van der Waals surface area contributed by atoms with Gasteiger partial charge in [-0.3, -0.25) is 19.4 Å². The van der Waals surface area contributed by atoms with Gasteiger partial charge in [0.1, 0.15) is 10.8 Å². The van der Waals surface area contributed by atoms with Crippen LogP contribution >= 0.6 is 23.1 Å². The molecule has 0 bridgehead atoms. The highest BCUT2D eigenvalue weighted by atomic mass is 32.2. The summed E-state index contributed by atoms with van der Waals surface area (Å²) >= 11 is 2.55. The van der Waals surface area contributed by atoms with Gasteiger partial charge in [0.15, 0.2) is 5.17 Å². The molecule has 1 amide bonds. The molecule has 0 atom stereocenters. The predicted molar refractivity (Wildman–Crippen MR) is 124 cm³/mol. The summed E-state index contributed by atoms with van der Waals surface area (Å²) in [4.78, 5) is 44.6. The summed E-state index contributed by atoms with van der Waals surface area (Å²) in [6.45, 7) is 5.85. The lowest BCUT2D eigenvalue weighted by Crippen LogP contribution is -2.26. The Bertz CT molecular complexity index is 1060. The number of amides is 1. The minimum Gasteiger partial charge on any atom is -0.465 e. The number of carbonyl (C=O) groups is 3. The molecule has 1 saturated heterocycles. The van der Waals surface area contributed by atoms with E-state index in [1.165, 1.54) is 30.0 Å². The van der Waals surface area contributed by atoms with Gasteiger partial charge < -0.3 is 14.8 Å². The number of nitrogens with zero attached hydrogens (tertiary/aromatic N) is 2. The average Bonchev–Trinajstić information content (AvgIpc) is 3.32. The summed E-state index contributed by atoms with van der Waals surface area (Å²) < 4.78 is 10.3. The van der Waals surface area contributed by atoms with Crippen LogP contribution in [0, 0.1) is 5.41 Å². The second-order valence-electron chi connectivity index (χ2n) is 7.76. The fourth-order valence-electron chi connectivity index (χ4n) is 2.52. The number of esters is 2. The topological polar surface area (TPSA) is 107 Å². The van der Waals surface area contributed by atoms with Gasteiger partial charge in [0.05, 0.1) is 30.2 Å². The van der Waals surface area contributed by atoms with Gasteiger partial charge in [-0.05, 0) is 30.0 Å². The average molecular weight is 474 g/mol. The molecule has 168 valence electrons. The van der Waals surface area contributed by atoms with Gasteiger partial charge >= 0.3 is 11.9 Å². The molecule has 1 aliphatic rings. The van der Waals surface area contributed by atoms with E-state index in [1.54, 1.807) is 35.7 Å². The number of para-hydroxylation sites is 1. The number of thiazole rings is 1. The number of ether oxygens (including phenoxy) is 2. The van der Waals surface area contributed by atoms with Crippen LogP contribution in [0.2, 0.25) is 0 Å². The number of thioether (sulfide) groups is 1. The standard InChI is InChI=1S/C22H23N3O5S2/c1-14(26)29-13-22(2,3)12-23-21-25-20(28)17(32-21)9-15-11-31-18(24-15)10-19(27)30-16-7-5-4-6-8-16/h4-9,11H,10,12-13H2,1-3H3,(H,23,25,28)/b17-9-. The van der Waals surface area contributed by atoms with E-state index in [2.05, 4.69) is 15.3 Å². The summed E-state index contributed by atoms with van der Waals surface area (Å²) in [5.74, 6) is -0.512. The quantitative estimate of drug-likeness (QED) is 0.355. The summed E-state index contributed by atoms with van der Waals surface area (Å²) in [5, 5.41) is 5.59. The van der Waals surface area contributed by atoms with Crippen molar-refractivity contribution >= 4 is 52.2 Å². The van der Waals surface area contributed by atoms with Crippen LogP contribution in [0.5, 0.6) is 5.75 Å². The fourth-order valence-corrected chi connectivity index (χ4v) is 4.06. The molecule has 3 rings (SSSR count). The second-order valence-corrected chi connectivity index (χ2v) is 9.73. The maximum absolute atomic E-state index is 12.3. The normalized spacial score (nSPS) is 16.3. The molecule has 1 fully saturated rings. The molecule has 1 N–H and O–H groups in total. The third-order valence-corrected chi connectivity index (χ3v) is 5.90. The van der Waals surface area contributed by atoms with Gasteiger partial charge in [-0.15, -0.1) is 11.3 Å². The minimum atomic E-state index is -0.400. The lowest BCUT2D eigenvalue weighted by atomic mass is 9.95. The SMILES string of the molecule is CC(=O)OCC(C)(C)CN=C1NC(=O)/C(=C/c2csc(CC(=O)Oc3ccccc3)n2)S1. The first kappa shape index (κ1) is 23.7. The van der Waals surface area contributed by atoms with Crippen LogP contribution in [0.25, 0.3) is 6.08 Å². The largest absolute Gasteiger partial charge is 0.465 e. The summed E-state index contributed by atoms with van der Waals surface area (Å²) in [5.41, 5.74) is 0.237. The number of benzene rings is 1. The number of rotatable bonds is 8. The van der Waals surface area contributed by atoms with Crippen molar-refractivity contribution in [3.05, 3.63) is 51.3 Å². The molecular formula is C22H23N3O5S2. The van der Waals surface area contributed by atoms with E-state index in [-0.39, 0.29) is 30.3 Å². The Kier molecular flexibility index (Phi) is 7.81. The Hall–Kier alpha value is -2.98. The summed E-state index contributed by atoms with van der Waals surface area (Å²) in [7, 11) is 0. The lowest BCUT2D eigenvalue weighted by Gasteiger charge is -2.21. The van der Waals surface area contributed by atoms with Crippen LogP contribution in [0.15, 0.2) is 45.6 Å². The molecule has 0 radical (unpaired) electrons. The number of nitrogens with one attached hydrogen (secondary N) is 1. The molecule has 10 heteroatoms. The van der Waals surface area contributed by atoms with Crippen molar-refractivity contribution in [1.82, 2.24) is 10.3 Å². The first-order chi connectivity index (χ1) is 15.2. The Morgan fingerprint density at radius 3 is 2.72 bits per heavy atom. The van der Waals surface area contributed by atoms with Crippen LogP contribution in [0.1, 0.15) is 31.5 Å². The molecule has 2 aromatic rings. The zero-order valence-electron chi connectivity index (χ0n) is 17.9. The van der Waals surface area contributed by atoms with E-state index in [0.29, 0.717) is 33.1 Å². The fraction of sp³-hybridized carbons (Fsp3) is 0.318. The number of aromatic nitrogens is 1. The highest BCUT2D eigenvalue weighted by molar-refractivity contribution is 8.18. The van der Waals surface area contributed by atoms with E-state index >= 15 is 0 Å². The highest BCUT2D eigenvalue weighted by Crippen LogP contribution is 2.27. The predicted octanol–water partition coefficient (Wildman–Crippen LogP) is 3.44. The van der Waals surface area contributed by atoms with Gasteiger partial charge in [-0.2, -0.15) is 0 Å². The van der Waals surface area contributed by atoms with Crippen molar-refractivity contribution in [3.63, 3.8) is 0 Å². The molecule has 32 heavy (non-hydrogen) atoms. The zero-order valence-corrected chi connectivity index (χ0v) is 19.5. The lowest BCUT2D eigenvalue weighted by molar-refractivity contribution is -0.143. The summed E-state index contributed by atoms with van der Waals surface area (Å²) in [6.07, 6.45) is 1.71.